The SMILES string of the molecule is CCc1cccc(NC(=O)COC(=O)/C=C/c2cc(C)n(C3CC3)c2C)c1. The minimum atomic E-state index is -0.524. The van der Waals surface area contributed by atoms with Gasteiger partial charge in [0.1, 0.15) is 0 Å². The van der Waals surface area contributed by atoms with Crippen molar-refractivity contribution in [3.8, 4) is 0 Å². The zero-order valence-electron chi connectivity index (χ0n) is 16.1. The molecular formula is C22H26N2O3. The Kier molecular flexibility index (Phi) is 5.79. The van der Waals surface area contributed by atoms with E-state index in [1.807, 2.05) is 24.3 Å². The fraction of sp³-hybridized carbons (Fsp3) is 0.364. The molecule has 1 N–H and O–H groups in total. The van der Waals surface area contributed by atoms with Gasteiger partial charge in [0.05, 0.1) is 0 Å². The van der Waals surface area contributed by atoms with Crippen molar-refractivity contribution in [1.29, 1.82) is 0 Å². The van der Waals surface area contributed by atoms with E-state index < -0.39 is 5.97 Å². The highest BCUT2D eigenvalue weighted by Gasteiger charge is 2.26. The third-order valence-electron chi connectivity index (χ3n) is 4.80. The van der Waals surface area contributed by atoms with Gasteiger partial charge >= 0.3 is 5.97 Å². The Labute approximate surface area is 160 Å². The van der Waals surface area contributed by atoms with Crippen LogP contribution in [0.3, 0.4) is 0 Å². The lowest BCUT2D eigenvalue weighted by atomic mass is 10.1. The monoisotopic (exact) mass is 366 g/mol. The van der Waals surface area contributed by atoms with Crippen molar-refractivity contribution in [3.63, 3.8) is 0 Å². The van der Waals surface area contributed by atoms with E-state index in [2.05, 4.69) is 36.7 Å². The van der Waals surface area contributed by atoms with Gasteiger partial charge in [-0.1, -0.05) is 19.1 Å². The number of aromatic nitrogens is 1. The van der Waals surface area contributed by atoms with Crippen molar-refractivity contribution in [2.45, 2.75) is 46.1 Å². The van der Waals surface area contributed by atoms with E-state index in [1.54, 1.807) is 6.08 Å². The van der Waals surface area contributed by atoms with E-state index in [9.17, 15) is 9.59 Å². The van der Waals surface area contributed by atoms with E-state index in [0.717, 1.165) is 23.2 Å². The largest absolute Gasteiger partial charge is 0.452 e. The average Bonchev–Trinajstić information content (AvgIpc) is 3.44. The van der Waals surface area contributed by atoms with Crippen LogP contribution in [-0.4, -0.2) is 23.1 Å². The van der Waals surface area contributed by atoms with Gasteiger partial charge in [-0.3, -0.25) is 4.79 Å². The van der Waals surface area contributed by atoms with Crippen LogP contribution in [0.4, 0.5) is 5.69 Å². The molecule has 1 heterocycles. The number of esters is 1. The number of amides is 1. The molecule has 0 spiro atoms. The van der Waals surface area contributed by atoms with Crippen LogP contribution in [0.5, 0.6) is 0 Å². The highest BCUT2D eigenvalue weighted by molar-refractivity contribution is 5.94. The van der Waals surface area contributed by atoms with Gasteiger partial charge in [-0.15, -0.1) is 0 Å². The zero-order chi connectivity index (χ0) is 19.4. The van der Waals surface area contributed by atoms with Crippen LogP contribution in [0.25, 0.3) is 6.08 Å². The molecule has 27 heavy (non-hydrogen) atoms. The third-order valence-corrected chi connectivity index (χ3v) is 4.80. The number of nitrogens with zero attached hydrogens (tertiary/aromatic N) is 1. The predicted octanol–water partition coefficient (Wildman–Crippen LogP) is 4.20. The van der Waals surface area contributed by atoms with Crippen LogP contribution in [-0.2, 0) is 20.7 Å². The highest BCUT2D eigenvalue weighted by Crippen LogP contribution is 2.38. The maximum atomic E-state index is 12.0. The molecule has 1 saturated carbocycles. The maximum absolute atomic E-state index is 12.0. The predicted molar refractivity (Wildman–Crippen MR) is 107 cm³/mol. The summed E-state index contributed by atoms with van der Waals surface area (Å²) in [5.74, 6) is -0.874. The minimum Gasteiger partial charge on any atom is -0.452 e. The second kappa shape index (κ2) is 8.25. The van der Waals surface area contributed by atoms with Crippen molar-refractivity contribution < 1.29 is 14.3 Å². The number of carbonyl (C=O) groups is 2. The minimum absolute atomic E-state index is 0.305. The first kappa shape index (κ1) is 19.0. The molecule has 1 aliphatic carbocycles. The summed E-state index contributed by atoms with van der Waals surface area (Å²) < 4.78 is 7.37. The molecule has 2 aromatic rings. The van der Waals surface area contributed by atoms with Crippen molar-refractivity contribution in [2.24, 2.45) is 0 Å². The lowest BCUT2D eigenvalue weighted by Gasteiger charge is -2.07. The summed E-state index contributed by atoms with van der Waals surface area (Å²) in [5, 5.41) is 2.74. The zero-order valence-corrected chi connectivity index (χ0v) is 16.1. The maximum Gasteiger partial charge on any atom is 0.331 e. The first-order valence-corrected chi connectivity index (χ1v) is 9.40. The number of ether oxygens (including phenoxy) is 1. The van der Waals surface area contributed by atoms with Crippen LogP contribution < -0.4 is 5.32 Å². The normalized spacial score (nSPS) is 13.7. The van der Waals surface area contributed by atoms with Gasteiger partial charge < -0.3 is 14.6 Å². The van der Waals surface area contributed by atoms with Crippen molar-refractivity contribution in [1.82, 2.24) is 4.57 Å². The fourth-order valence-corrected chi connectivity index (χ4v) is 3.27. The summed E-state index contributed by atoms with van der Waals surface area (Å²) in [6, 6.07) is 10.3. The number of anilines is 1. The Morgan fingerprint density at radius 1 is 1.26 bits per heavy atom. The van der Waals surface area contributed by atoms with Gasteiger partial charge in [-0.2, -0.15) is 0 Å². The number of aryl methyl sites for hydroxylation is 2. The van der Waals surface area contributed by atoms with E-state index in [-0.39, 0.29) is 12.5 Å². The molecule has 1 aromatic carbocycles. The molecule has 0 atom stereocenters. The summed E-state index contributed by atoms with van der Waals surface area (Å²) in [5.41, 5.74) is 5.22. The molecule has 0 radical (unpaired) electrons. The fourth-order valence-electron chi connectivity index (χ4n) is 3.27. The lowest BCUT2D eigenvalue weighted by molar-refractivity contribution is -0.142. The standard InChI is InChI=1S/C22H26N2O3/c1-4-17-6-5-7-19(13-17)23-21(25)14-27-22(26)11-8-18-12-15(2)24(16(18)3)20-9-10-20/h5-8,11-13,20H,4,9-10,14H2,1-3H3,(H,23,25)/b11-8+. The van der Waals surface area contributed by atoms with Crippen LogP contribution in [0.15, 0.2) is 36.4 Å². The topological polar surface area (TPSA) is 60.3 Å². The summed E-state index contributed by atoms with van der Waals surface area (Å²) >= 11 is 0. The Hall–Kier alpha value is -2.82. The van der Waals surface area contributed by atoms with E-state index >= 15 is 0 Å². The summed E-state index contributed by atoms with van der Waals surface area (Å²) in [4.78, 5) is 23.9. The molecule has 0 saturated heterocycles. The number of hydrogen-bond donors (Lipinski definition) is 1. The number of hydrogen-bond acceptors (Lipinski definition) is 3. The molecule has 142 valence electrons. The van der Waals surface area contributed by atoms with E-state index in [1.165, 1.54) is 24.6 Å². The molecule has 0 bridgehead atoms. The molecule has 0 unspecified atom stereocenters. The number of nitrogens with one attached hydrogen (secondary N) is 1. The van der Waals surface area contributed by atoms with Crippen LogP contribution in [0.2, 0.25) is 0 Å². The van der Waals surface area contributed by atoms with Crippen molar-refractivity contribution in [2.75, 3.05) is 11.9 Å². The number of carbonyl (C=O) groups excluding carboxylic acids is 2. The summed E-state index contributed by atoms with van der Waals surface area (Å²) in [6.07, 6.45) is 6.47. The molecule has 1 aliphatic rings. The Balaban J connectivity index is 1.51. The molecule has 1 amide bonds. The van der Waals surface area contributed by atoms with Gasteiger partial charge in [0.2, 0.25) is 0 Å². The van der Waals surface area contributed by atoms with Gasteiger partial charge in [-0.25, -0.2) is 4.79 Å². The highest BCUT2D eigenvalue weighted by atomic mass is 16.5. The van der Waals surface area contributed by atoms with Crippen LogP contribution in [0, 0.1) is 13.8 Å². The molecule has 0 aliphatic heterocycles. The number of benzene rings is 1. The van der Waals surface area contributed by atoms with Gasteiger partial charge in [0.15, 0.2) is 6.61 Å². The first-order chi connectivity index (χ1) is 13.0. The Bertz CT molecular complexity index is 876. The van der Waals surface area contributed by atoms with Crippen LogP contribution >= 0.6 is 0 Å². The Morgan fingerprint density at radius 3 is 2.74 bits per heavy atom. The molecule has 1 fully saturated rings. The van der Waals surface area contributed by atoms with Gasteiger partial charge in [0.25, 0.3) is 5.91 Å². The lowest BCUT2D eigenvalue weighted by Crippen LogP contribution is -2.20. The van der Waals surface area contributed by atoms with E-state index in [4.69, 9.17) is 4.74 Å². The molecule has 5 heteroatoms. The summed E-state index contributed by atoms with van der Waals surface area (Å²) in [6.45, 7) is 5.89. The van der Waals surface area contributed by atoms with Gasteiger partial charge in [-0.05, 0) is 68.5 Å². The molecule has 1 aromatic heterocycles. The first-order valence-electron chi connectivity index (χ1n) is 9.40. The smallest absolute Gasteiger partial charge is 0.331 e. The van der Waals surface area contributed by atoms with E-state index in [0.29, 0.717) is 11.7 Å². The molecule has 5 nitrogen and oxygen atoms in total. The van der Waals surface area contributed by atoms with Crippen molar-refractivity contribution >= 4 is 23.6 Å². The second-order valence-electron chi connectivity index (χ2n) is 6.97. The quantitative estimate of drug-likeness (QED) is 0.590. The van der Waals surface area contributed by atoms with Crippen LogP contribution in [0.1, 0.15) is 48.3 Å². The third kappa shape index (κ3) is 4.88. The number of rotatable bonds is 7. The van der Waals surface area contributed by atoms with Gasteiger partial charge in [0, 0.05) is 29.2 Å². The summed E-state index contributed by atoms with van der Waals surface area (Å²) in [7, 11) is 0. The Morgan fingerprint density at radius 2 is 2.04 bits per heavy atom. The van der Waals surface area contributed by atoms with Crippen molar-refractivity contribution in [3.05, 3.63) is 58.9 Å². The average molecular weight is 366 g/mol. The second-order valence-corrected chi connectivity index (χ2v) is 6.97. The molecular weight excluding hydrogens is 340 g/mol. The molecule has 3 rings (SSSR count).